The lowest BCUT2D eigenvalue weighted by Gasteiger charge is -2.18. The molecule has 3 heteroatoms. The smallest absolute Gasteiger partial charge is 0.251 e. The maximum Gasteiger partial charge on any atom is 0.251 e. The number of aromatic amines is 1. The Bertz CT molecular complexity index is 612. The van der Waals surface area contributed by atoms with Crippen molar-refractivity contribution in [2.45, 2.75) is 19.3 Å². The molecule has 3 nitrogen and oxygen atoms in total. The number of aromatic nitrogens is 1. The average molecular weight is 254 g/mol. The highest BCUT2D eigenvalue weighted by Crippen LogP contribution is 2.18. The van der Waals surface area contributed by atoms with Crippen LogP contribution in [0.5, 0.6) is 0 Å². The molecule has 1 aromatic carbocycles. The molecule has 2 aromatic rings. The molecule has 3 rings (SSSR count). The summed E-state index contributed by atoms with van der Waals surface area (Å²) in [7, 11) is 0. The van der Waals surface area contributed by atoms with E-state index in [1.54, 1.807) is 0 Å². The number of H-pyrrole nitrogens is 1. The van der Waals surface area contributed by atoms with Gasteiger partial charge in [-0.25, -0.2) is 0 Å². The normalized spacial score (nSPS) is 18.6. The third kappa shape index (κ3) is 2.70. The van der Waals surface area contributed by atoms with Crippen LogP contribution in [0.3, 0.4) is 0 Å². The molecular weight excluding hydrogens is 236 g/mol. The summed E-state index contributed by atoms with van der Waals surface area (Å²) in [6.45, 7) is 0.770. The van der Waals surface area contributed by atoms with Gasteiger partial charge >= 0.3 is 0 Å². The summed E-state index contributed by atoms with van der Waals surface area (Å²) in [6.07, 6.45) is 9.71. The van der Waals surface area contributed by atoms with Crippen LogP contribution in [-0.2, 0) is 0 Å². The molecule has 0 radical (unpaired) electrons. The molecule has 0 saturated heterocycles. The van der Waals surface area contributed by atoms with E-state index in [0.29, 0.717) is 5.92 Å². The first-order valence-electron chi connectivity index (χ1n) is 6.83. The molecule has 0 bridgehead atoms. The van der Waals surface area contributed by atoms with Gasteiger partial charge in [0, 0.05) is 23.8 Å². The fraction of sp³-hybridized carbons (Fsp3) is 0.312. The van der Waals surface area contributed by atoms with Crippen molar-refractivity contribution in [3.8, 4) is 0 Å². The summed E-state index contributed by atoms with van der Waals surface area (Å²) < 4.78 is 0. The number of carbonyl (C=O) groups is 1. The highest BCUT2D eigenvalue weighted by molar-refractivity contribution is 5.97. The van der Waals surface area contributed by atoms with Crippen LogP contribution in [0, 0.1) is 5.92 Å². The second kappa shape index (κ2) is 5.31. The summed E-state index contributed by atoms with van der Waals surface area (Å²) in [6, 6.07) is 7.77. The van der Waals surface area contributed by atoms with E-state index in [2.05, 4.69) is 22.5 Å². The van der Waals surface area contributed by atoms with Crippen LogP contribution in [0.2, 0.25) is 0 Å². The summed E-state index contributed by atoms with van der Waals surface area (Å²) in [4.78, 5) is 15.2. The molecule has 1 aromatic heterocycles. The maximum atomic E-state index is 12.1. The fourth-order valence-electron chi connectivity index (χ4n) is 2.57. The molecule has 0 aliphatic heterocycles. The number of amides is 1. The summed E-state index contributed by atoms with van der Waals surface area (Å²) in [5, 5.41) is 4.17. The SMILES string of the molecule is O=C(NCC1CC=CCC1)c1ccc2cc[nH]c2c1. The van der Waals surface area contributed by atoms with Gasteiger partial charge in [0.25, 0.3) is 5.91 Å². The Balaban J connectivity index is 1.64. The van der Waals surface area contributed by atoms with Crippen LogP contribution in [0.15, 0.2) is 42.6 Å². The number of allylic oxidation sites excluding steroid dienone is 2. The number of hydrogen-bond donors (Lipinski definition) is 2. The van der Waals surface area contributed by atoms with Crippen LogP contribution < -0.4 is 5.32 Å². The van der Waals surface area contributed by atoms with Crippen molar-refractivity contribution in [3.63, 3.8) is 0 Å². The van der Waals surface area contributed by atoms with Crippen LogP contribution in [-0.4, -0.2) is 17.4 Å². The quantitative estimate of drug-likeness (QED) is 0.811. The first-order chi connectivity index (χ1) is 9.33. The molecule has 1 unspecified atom stereocenters. The summed E-state index contributed by atoms with van der Waals surface area (Å²) in [5.74, 6) is 0.606. The predicted octanol–water partition coefficient (Wildman–Crippen LogP) is 3.25. The van der Waals surface area contributed by atoms with E-state index in [1.807, 2.05) is 30.5 Å². The molecule has 1 aliphatic carbocycles. The van der Waals surface area contributed by atoms with Gasteiger partial charge in [-0.2, -0.15) is 0 Å². The van der Waals surface area contributed by atoms with Crippen LogP contribution in [0.4, 0.5) is 0 Å². The van der Waals surface area contributed by atoms with Gasteiger partial charge in [-0.1, -0.05) is 18.2 Å². The van der Waals surface area contributed by atoms with E-state index in [0.717, 1.165) is 35.9 Å². The topological polar surface area (TPSA) is 44.9 Å². The molecule has 0 fully saturated rings. The zero-order valence-corrected chi connectivity index (χ0v) is 10.9. The minimum absolute atomic E-state index is 0.0195. The van der Waals surface area contributed by atoms with Gasteiger partial charge in [-0.3, -0.25) is 4.79 Å². The van der Waals surface area contributed by atoms with E-state index in [9.17, 15) is 4.79 Å². The van der Waals surface area contributed by atoms with E-state index >= 15 is 0 Å². The minimum Gasteiger partial charge on any atom is -0.361 e. The zero-order valence-electron chi connectivity index (χ0n) is 10.9. The van der Waals surface area contributed by atoms with Gasteiger partial charge in [0.1, 0.15) is 0 Å². The Morgan fingerprint density at radius 1 is 1.32 bits per heavy atom. The van der Waals surface area contributed by atoms with Crippen LogP contribution in [0.1, 0.15) is 29.6 Å². The summed E-state index contributed by atoms with van der Waals surface area (Å²) >= 11 is 0. The van der Waals surface area contributed by atoms with Crippen molar-refractivity contribution in [2.75, 3.05) is 6.54 Å². The van der Waals surface area contributed by atoms with Gasteiger partial charge in [0.15, 0.2) is 0 Å². The molecule has 0 spiro atoms. The van der Waals surface area contributed by atoms with Gasteiger partial charge in [0.2, 0.25) is 0 Å². The zero-order chi connectivity index (χ0) is 13.1. The summed E-state index contributed by atoms with van der Waals surface area (Å²) in [5.41, 5.74) is 1.73. The maximum absolute atomic E-state index is 12.1. The third-order valence-corrected chi connectivity index (χ3v) is 3.75. The molecule has 1 amide bonds. The molecular formula is C16H18N2O. The van der Waals surface area contributed by atoms with Gasteiger partial charge in [-0.05, 0) is 48.8 Å². The molecule has 0 saturated carbocycles. The number of hydrogen-bond acceptors (Lipinski definition) is 1. The highest BCUT2D eigenvalue weighted by Gasteiger charge is 2.12. The Kier molecular flexibility index (Phi) is 3.36. The second-order valence-electron chi connectivity index (χ2n) is 5.14. The second-order valence-corrected chi connectivity index (χ2v) is 5.14. The molecule has 2 N–H and O–H groups in total. The highest BCUT2D eigenvalue weighted by atomic mass is 16.1. The lowest BCUT2D eigenvalue weighted by molar-refractivity contribution is 0.0946. The minimum atomic E-state index is 0.0195. The molecule has 1 atom stereocenters. The van der Waals surface area contributed by atoms with Gasteiger partial charge in [0.05, 0.1) is 0 Å². The predicted molar refractivity (Wildman–Crippen MR) is 77.1 cm³/mol. The van der Waals surface area contributed by atoms with E-state index in [1.165, 1.54) is 6.42 Å². The average Bonchev–Trinajstić information content (AvgIpc) is 2.93. The Labute approximate surface area is 112 Å². The van der Waals surface area contributed by atoms with E-state index in [-0.39, 0.29) is 5.91 Å². The lowest BCUT2D eigenvalue weighted by atomic mass is 9.94. The van der Waals surface area contributed by atoms with Crippen molar-refractivity contribution < 1.29 is 4.79 Å². The number of fused-ring (bicyclic) bond motifs is 1. The largest absolute Gasteiger partial charge is 0.361 e. The Morgan fingerprint density at radius 3 is 3.11 bits per heavy atom. The van der Waals surface area contributed by atoms with E-state index in [4.69, 9.17) is 0 Å². The van der Waals surface area contributed by atoms with Crippen molar-refractivity contribution in [2.24, 2.45) is 5.92 Å². The number of nitrogens with one attached hydrogen (secondary N) is 2. The van der Waals surface area contributed by atoms with Crippen LogP contribution in [0.25, 0.3) is 10.9 Å². The first-order valence-corrected chi connectivity index (χ1v) is 6.83. The third-order valence-electron chi connectivity index (χ3n) is 3.75. The molecule has 98 valence electrons. The monoisotopic (exact) mass is 254 g/mol. The lowest BCUT2D eigenvalue weighted by Crippen LogP contribution is -2.29. The molecule has 1 heterocycles. The standard InChI is InChI=1S/C16H18N2O/c19-16(18-11-12-4-2-1-3-5-12)14-7-6-13-8-9-17-15(13)10-14/h1-2,6-10,12,17H,3-5,11H2,(H,18,19). The fourth-order valence-corrected chi connectivity index (χ4v) is 2.57. The van der Waals surface area contributed by atoms with Gasteiger partial charge < -0.3 is 10.3 Å². The molecule has 19 heavy (non-hydrogen) atoms. The Hall–Kier alpha value is -2.03. The van der Waals surface area contributed by atoms with E-state index < -0.39 is 0 Å². The molecule has 1 aliphatic rings. The number of rotatable bonds is 3. The van der Waals surface area contributed by atoms with Crippen molar-refractivity contribution in [1.82, 2.24) is 10.3 Å². The number of benzene rings is 1. The number of carbonyl (C=O) groups excluding carboxylic acids is 1. The van der Waals surface area contributed by atoms with Crippen LogP contribution >= 0.6 is 0 Å². The van der Waals surface area contributed by atoms with Gasteiger partial charge in [-0.15, -0.1) is 0 Å². The van der Waals surface area contributed by atoms with Crippen molar-refractivity contribution >= 4 is 16.8 Å². The Morgan fingerprint density at radius 2 is 2.26 bits per heavy atom. The van der Waals surface area contributed by atoms with Crippen molar-refractivity contribution in [1.29, 1.82) is 0 Å². The van der Waals surface area contributed by atoms with Crippen molar-refractivity contribution in [3.05, 3.63) is 48.2 Å². The first kappa shape index (κ1) is 12.0.